The van der Waals surface area contributed by atoms with Crippen molar-refractivity contribution in [2.24, 2.45) is 5.14 Å². The molecule has 0 amide bonds. The van der Waals surface area contributed by atoms with Gasteiger partial charge >= 0.3 is 35.5 Å². The first-order chi connectivity index (χ1) is 9.79. The van der Waals surface area contributed by atoms with Crippen molar-refractivity contribution < 1.29 is 53.7 Å². The molecule has 0 saturated carbocycles. The van der Waals surface area contributed by atoms with Crippen LogP contribution in [0.25, 0.3) is 0 Å². The van der Waals surface area contributed by atoms with Crippen LogP contribution in [-0.4, -0.2) is 19.5 Å². The summed E-state index contributed by atoms with van der Waals surface area (Å²) in [6, 6.07) is 5.51. The zero-order chi connectivity index (χ0) is 15.6. The fourth-order valence-electron chi connectivity index (χ4n) is 1.69. The molecular formula is C12H12ClN2NaO5S. The number of anilines is 1. The van der Waals surface area contributed by atoms with E-state index in [9.17, 15) is 13.2 Å². The van der Waals surface area contributed by atoms with Gasteiger partial charge in [0, 0.05) is 0 Å². The summed E-state index contributed by atoms with van der Waals surface area (Å²) in [6.45, 7) is 0.221. The van der Waals surface area contributed by atoms with E-state index >= 15 is 0 Å². The van der Waals surface area contributed by atoms with Crippen LogP contribution in [-0.2, 0) is 16.6 Å². The number of furan rings is 1. The van der Waals surface area contributed by atoms with Gasteiger partial charge in [0.1, 0.15) is 10.7 Å². The van der Waals surface area contributed by atoms with Crippen LogP contribution in [0.2, 0.25) is 5.02 Å². The van der Waals surface area contributed by atoms with Crippen molar-refractivity contribution in [2.45, 2.75) is 11.4 Å². The second-order valence-electron chi connectivity index (χ2n) is 4.11. The van der Waals surface area contributed by atoms with Crippen molar-refractivity contribution in [3.05, 3.63) is 46.9 Å². The van der Waals surface area contributed by atoms with Gasteiger partial charge in [0.05, 0.1) is 29.1 Å². The molecule has 0 fully saturated rings. The fourth-order valence-corrected chi connectivity index (χ4v) is 2.79. The average Bonchev–Trinajstić information content (AvgIpc) is 2.87. The maximum absolute atomic E-state index is 11.3. The molecule has 0 atom stereocenters. The van der Waals surface area contributed by atoms with Gasteiger partial charge in [-0.05, 0) is 24.3 Å². The van der Waals surface area contributed by atoms with E-state index in [0.717, 1.165) is 6.07 Å². The third-order valence-corrected chi connectivity index (χ3v) is 4.02. The van der Waals surface area contributed by atoms with E-state index < -0.39 is 20.9 Å². The van der Waals surface area contributed by atoms with Crippen molar-refractivity contribution in [2.75, 3.05) is 5.32 Å². The number of benzene rings is 1. The summed E-state index contributed by atoms with van der Waals surface area (Å²) in [4.78, 5) is 10.8. The Bertz CT molecular complexity index is 783. The van der Waals surface area contributed by atoms with Gasteiger partial charge in [-0.25, -0.2) is 18.4 Å². The molecule has 0 spiro atoms. The Morgan fingerprint density at radius 1 is 1.45 bits per heavy atom. The van der Waals surface area contributed by atoms with Gasteiger partial charge in [-0.1, -0.05) is 11.6 Å². The fraction of sp³-hybridized carbons (Fsp3) is 0.0833. The molecule has 0 aliphatic carbocycles. The van der Waals surface area contributed by atoms with E-state index in [2.05, 4.69) is 5.32 Å². The predicted molar refractivity (Wildman–Crippen MR) is 76.9 cm³/mol. The molecule has 0 unspecified atom stereocenters. The van der Waals surface area contributed by atoms with Gasteiger partial charge in [0.25, 0.3) is 0 Å². The SMILES string of the molecule is NS(=O)(=O)c1cc(C(=O)O)c(NCc2ccco2)cc1Cl.[H-].[Na+]. The quantitative estimate of drug-likeness (QED) is 0.592. The molecule has 0 aliphatic heterocycles. The summed E-state index contributed by atoms with van der Waals surface area (Å²) in [6.07, 6.45) is 1.48. The van der Waals surface area contributed by atoms with Crippen molar-refractivity contribution in [1.82, 2.24) is 0 Å². The number of nitrogens with two attached hydrogens (primary N) is 1. The maximum Gasteiger partial charge on any atom is 1.00 e. The molecule has 22 heavy (non-hydrogen) atoms. The van der Waals surface area contributed by atoms with Gasteiger partial charge in [-0.2, -0.15) is 0 Å². The van der Waals surface area contributed by atoms with Crippen LogP contribution >= 0.6 is 11.6 Å². The first-order valence-electron chi connectivity index (χ1n) is 5.65. The van der Waals surface area contributed by atoms with Gasteiger partial charge in [-0.3, -0.25) is 0 Å². The standard InChI is InChI=1S/C12H11ClN2O5S.Na.H/c13-9-5-10(15-6-7-2-1-3-20-7)8(12(16)17)4-11(9)21(14,18)19;;/h1-5,15H,6H2,(H,16,17)(H2,14,18,19);;/q;+1;-1. The summed E-state index contributed by atoms with van der Waals surface area (Å²) in [5.41, 5.74) is -0.0914. The van der Waals surface area contributed by atoms with Gasteiger partial charge in [0.15, 0.2) is 0 Å². The number of rotatable bonds is 5. The molecule has 1 aromatic heterocycles. The van der Waals surface area contributed by atoms with Crippen molar-refractivity contribution >= 4 is 33.3 Å². The molecule has 7 nitrogen and oxygen atoms in total. The largest absolute Gasteiger partial charge is 1.00 e. The van der Waals surface area contributed by atoms with E-state index in [1.165, 1.54) is 12.3 Å². The number of halogens is 1. The molecule has 4 N–H and O–H groups in total. The topological polar surface area (TPSA) is 123 Å². The van der Waals surface area contributed by atoms with Crippen molar-refractivity contribution in [3.8, 4) is 0 Å². The minimum Gasteiger partial charge on any atom is -1.00 e. The molecule has 2 aromatic rings. The monoisotopic (exact) mass is 354 g/mol. The number of aromatic carboxylic acids is 1. The first kappa shape index (κ1) is 19.0. The molecule has 114 valence electrons. The zero-order valence-corrected chi connectivity index (χ0v) is 15.1. The molecule has 2 rings (SSSR count). The molecular weight excluding hydrogens is 343 g/mol. The zero-order valence-electron chi connectivity index (χ0n) is 12.5. The minimum absolute atomic E-state index is 0. The molecule has 10 heteroatoms. The Balaban J connectivity index is 0.00000242. The van der Waals surface area contributed by atoms with Gasteiger partial charge in [-0.15, -0.1) is 0 Å². The van der Waals surface area contributed by atoms with Crippen LogP contribution in [0, 0.1) is 0 Å². The Hall–Kier alpha value is -1.03. The molecule has 1 heterocycles. The van der Waals surface area contributed by atoms with E-state index in [1.807, 2.05) is 0 Å². The number of hydrogen-bond acceptors (Lipinski definition) is 5. The Labute approximate surface area is 155 Å². The average molecular weight is 355 g/mol. The number of carboxylic acid groups (broad SMARTS) is 1. The van der Waals surface area contributed by atoms with Crippen LogP contribution in [0.1, 0.15) is 17.5 Å². The second-order valence-corrected chi connectivity index (χ2v) is 6.05. The van der Waals surface area contributed by atoms with Crippen LogP contribution < -0.4 is 40.0 Å². The summed E-state index contributed by atoms with van der Waals surface area (Å²) < 4.78 is 27.8. The molecule has 0 aliphatic rings. The van der Waals surface area contributed by atoms with Crippen molar-refractivity contribution in [3.63, 3.8) is 0 Å². The van der Waals surface area contributed by atoms with E-state index in [0.29, 0.717) is 5.76 Å². The Morgan fingerprint density at radius 2 is 2.14 bits per heavy atom. The number of carboxylic acids is 1. The second kappa shape index (κ2) is 7.49. The molecule has 1 aromatic carbocycles. The van der Waals surface area contributed by atoms with Crippen LogP contribution in [0.4, 0.5) is 5.69 Å². The third kappa shape index (κ3) is 4.48. The maximum atomic E-state index is 11.3. The van der Waals surface area contributed by atoms with Gasteiger partial charge in [0.2, 0.25) is 10.0 Å². The Morgan fingerprint density at radius 3 is 2.64 bits per heavy atom. The van der Waals surface area contributed by atoms with E-state index in [4.69, 9.17) is 26.3 Å². The van der Waals surface area contributed by atoms with Crippen LogP contribution in [0.5, 0.6) is 0 Å². The van der Waals surface area contributed by atoms with Crippen molar-refractivity contribution in [1.29, 1.82) is 0 Å². The van der Waals surface area contributed by atoms with Crippen LogP contribution in [0.15, 0.2) is 39.8 Å². The normalized spacial score (nSPS) is 10.8. The molecule has 0 radical (unpaired) electrons. The Kier molecular flexibility index (Phi) is 6.48. The van der Waals surface area contributed by atoms with E-state index in [-0.39, 0.29) is 53.8 Å². The summed E-state index contributed by atoms with van der Waals surface area (Å²) in [5.74, 6) is -0.725. The first-order valence-corrected chi connectivity index (χ1v) is 7.57. The number of carbonyl (C=O) groups is 1. The smallest absolute Gasteiger partial charge is 1.00 e. The summed E-state index contributed by atoms with van der Waals surface area (Å²) in [5, 5.41) is 16.8. The summed E-state index contributed by atoms with van der Waals surface area (Å²) >= 11 is 5.84. The number of hydrogen-bond donors (Lipinski definition) is 3. The predicted octanol–water partition coefficient (Wildman–Crippen LogP) is -0.993. The van der Waals surface area contributed by atoms with E-state index in [1.54, 1.807) is 12.1 Å². The number of primary sulfonamides is 1. The minimum atomic E-state index is -4.11. The number of sulfonamides is 1. The van der Waals surface area contributed by atoms with Crippen LogP contribution in [0.3, 0.4) is 0 Å². The van der Waals surface area contributed by atoms with Gasteiger partial charge < -0.3 is 16.3 Å². The molecule has 0 saturated heterocycles. The third-order valence-electron chi connectivity index (χ3n) is 2.64. The number of nitrogens with one attached hydrogen (secondary N) is 1. The summed E-state index contributed by atoms with van der Waals surface area (Å²) in [7, 11) is -4.11. The molecule has 0 bridgehead atoms.